The molecule has 2 atom stereocenters. The van der Waals surface area contributed by atoms with Gasteiger partial charge < -0.3 is 15.0 Å². The number of likely N-dealkylation sites (tertiary alicyclic amines) is 1. The van der Waals surface area contributed by atoms with Crippen molar-refractivity contribution in [3.63, 3.8) is 0 Å². The second-order valence-electron chi connectivity index (χ2n) is 8.10. The van der Waals surface area contributed by atoms with Gasteiger partial charge in [-0.3, -0.25) is 14.5 Å². The van der Waals surface area contributed by atoms with Gasteiger partial charge in [-0.25, -0.2) is 0 Å². The topological polar surface area (TPSA) is 61.9 Å². The summed E-state index contributed by atoms with van der Waals surface area (Å²) in [6.07, 6.45) is 4.30. The normalized spacial score (nSPS) is 24.1. The molecular formula is C22H33N3O3. The Morgan fingerprint density at radius 1 is 1.11 bits per heavy atom. The number of morpholine rings is 1. The van der Waals surface area contributed by atoms with Crippen molar-refractivity contribution in [3.8, 4) is 0 Å². The first kappa shape index (κ1) is 20.8. The van der Waals surface area contributed by atoms with E-state index < -0.39 is 0 Å². The molecule has 6 heteroatoms. The predicted octanol–water partition coefficient (Wildman–Crippen LogP) is 2.43. The van der Waals surface area contributed by atoms with E-state index in [9.17, 15) is 9.59 Å². The SMILES string of the molecule is C[C@@H]1CN(Cc2ccc(C(=O)NCCN3CCCCCC3=O)cc2)C[C@H](C)O1. The molecule has 2 aliphatic rings. The van der Waals surface area contributed by atoms with E-state index in [0.717, 1.165) is 45.4 Å². The second kappa shape index (κ2) is 10.0. The van der Waals surface area contributed by atoms with Crippen LogP contribution >= 0.6 is 0 Å². The molecule has 2 amide bonds. The summed E-state index contributed by atoms with van der Waals surface area (Å²) in [5, 5.41) is 2.94. The molecule has 1 aromatic carbocycles. The average Bonchev–Trinajstić information content (AvgIpc) is 2.86. The zero-order valence-corrected chi connectivity index (χ0v) is 17.2. The van der Waals surface area contributed by atoms with Crippen LogP contribution in [-0.2, 0) is 16.1 Å². The lowest BCUT2D eigenvalue weighted by molar-refractivity contribution is -0.130. The van der Waals surface area contributed by atoms with Gasteiger partial charge in [0.2, 0.25) is 5.91 Å². The van der Waals surface area contributed by atoms with Gasteiger partial charge >= 0.3 is 0 Å². The molecule has 2 fully saturated rings. The Morgan fingerprint density at radius 3 is 2.54 bits per heavy atom. The van der Waals surface area contributed by atoms with Crippen LogP contribution in [0.4, 0.5) is 0 Å². The summed E-state index contributed by atoms with van der Waals surface area (Å²) in [5.74, 6) is 0.130. The van der Waals surface area contributed by atoms with Gasteiger partial charge in [0.25, 0.3) is 5.91 Å². The number of benzene rings is 1. The van der Waals surface area contributed by atoms with Gasteiger partial charge in [-0.2, -0.15) is 0 Å². The molecule has 1 N–H and O–H groups in total. The number of carbonyl (C=O) groups excluding carboxylic acids is 2. The first-order valence-corrected chi connectivity index (χ1v) is 10.5. The van der Waals surface area contributed by atoms with Gasteiger partial charge in [0.15, 0.2) is 0 Å². The van der Waals surface area contributed by atoms with Crippen molar-refractivity contribution in [2.75, 3.05) is 32.7 Å². The van der Waals surface area contributed by atoms with E-state index in [-0.39, 0.29) is 24.0 Å². The number of rotatable bonds is 6. The number of nitrogens with one attached hydrogen (secondary N) is 1. The highest BCUT2D eigenvalue weighted by molar-refractivity contribution is 5.94. The van der Waals surface area contributed by atoms with Crippen LogP contribution in [0.15, 0.2) is 24.3 Å². The minimum Gasteiger partial charge on any atom is -0.373 e. The number of ether oxygens (including phenoxy) is 1. The minimum absolute atomic E-state index is 0.0811. The van der Waals surface area contributed by atoms with Gasteiger partial charge in [-0.15, -0.1) is 0 Å². The molecule has 2 aliphatic heterocycles. The van der Waals surface area contributed by atoms with E-state index in [0.29, 0.717) is 25.1 Å². The third-order valence-electron chi connectivity index (χ3n) is 5.46. The Morgan fingerprint density at radius 2 is 1.82 bits per heavy atom. The maximum absolute atomic E-state index is 12.4. The summed E-state index contributed by atoms with van der Waals surface area (Å²) in [5.41, 5.74) is 1.86. The molecule has 0 saturated carbocycles. The Kier molecular flexibility index (Phi) is 7.45. The Hall–Kier alpha value is -1.92. The third kappa shape index (κ3) is 6.04. The molecule has 6 nitrogen and oxygen atoms in total. The van der Waals surface area contributed by atoms with E-state index in [1.54, 1.807) is 0 Å². The van der Waals surface area contributed by atoms with Crippen LogP contribution < -0.4 is 5.32 Å². The van der Waals surface area contributed by atoms with Gasteiger partial charge in [-0.1, -0.05) is 18.6 Å². The molecular weight excluding hydrogens is 354 g/mol. The zero-order valence-electron chi connectivity index (χ0n) is 17.2. The van der Waals surface area contributed by atoms with Crippen LogP contribution in [0.2, 0.25) is 0 Å². The monoisotopic (exact) mass is 387 g/mol. The number of amides is 2. The summed E-state index contributed by atoms with van der Waals surface area (Å²) < 4.78 is 5.78. The Bertz CT molecular complexity index is 651. The van der Waals surface area contributed by atoms with Crippen LogP contribution in [0.5, 0.6) is 0 Å². The second-order valence-corrected chi connectivity index (χ2v) is 8.10. The van der Waals surface area contributed by atoms with E-state index in [2.05, 4.69) is 24.1 Å². The molecule has 0 unspecified atom stereocenters. The molecule has 0 aromatic heterocycles. The molecule has 1 aromatic rings. The van der Waals surface area contributed by atoms with Crippen LogP contribution in [0.1, 0.15) is 55.5 Å². The molecule has 0 bridgehead atoms. The molecule has 3 rings (SSSR count). The third-order valence-corrected chi connectivity index (χ3v) is 5.46. The van der Waals surface area contributed by atoms with Crippen molar-refractivity contribution < 1.29 is 14.3 Å². The molecule has 2 heterocycles. The maximum atomic E-state index is 12.4. The predicted molar refractivity (Wildman–Crippen MR) is 109 cm³/mol. The van der Waals surface area contributed by atoms with Crippen molar-refractivity contribution in [2.45, 2.75) is 58.3 Å². The lowest BCUT2D eigenvalue weighted by atomic mass is 10.1. The fourth-order valence-electron chi connectivity index (χ4n) is 4.11. The minimum atomic E-state index is -0.0811. The molecule has 0 spiro atoms. The van der Waals surface area contributed by atoms with Gasteiger partial charge in [0.1, 0.15) is 0 Å². The van der Waals surface area contributed by atoms with E-state index in [1.165, 1.54) is 5.56 Å². The number of hydrogen-bond acceptors (Lipinski definition) is 4. The van der Waals surface area contributed by atoms with Gasteiger partial charge in [-0.05, 0) is 44.4 Å². The highest BCUT2D eigenvalue weighted by atomic mass is 16.5. The van der Waals surface area contributed by atoms with Gasteiger partial charge in [0, 0.05) is 51.3 Å². The summed E-state index contributed by atoms with van der Waals surface area (Å²) in [7, 11) is 0. The smallest absolute Gasteiger partial charge is 0.251 e. The van der Waals surface area contributed by atoms with Crippen LogP contribution in [0.25, 0.3) is 0 Å². The van der Waals surface area contributed by atoms with Crippen molar-refractivity contribution in [3.05, 3.63) is 35.4 Å². The summed E-state index contributed by atoms with van der Waals surface area (Å²) in [6.45, 7) is 8.85. The largest absolute Gasteiger partial charge is 0.373 e. The number of carbonyl (C=O) groups is 2. The number of hydrogen-bond donors (Lipinski definition) is 1. The van der Waals surface area contributed by atoms with Gasteiger partial charge in [0.05, 0.1) is 12.2 Å². The first-order chi connectivity index (χ1) is 13.5. The standard InChI is InChI=1S/C22H33N3O3/c1-17-14-24(15-18(2)28-17)16-19-7-9-20(10-8-19)22(27)23-11-13-25-12-5-3-4-6-21(25)26/h7-10,17-18H,3-6,11-16H2,1-2H3,(H,23,27)/t17-,18+. The zero-order chi connectivity index (χ0) is 19.9. The molecule has 154 valence electrons. The lowest BCUT2D eigenvalue weighted by Crippen LogP contribution is -2.44. The maximum Gasteiger partial charge on any atom is 0.251 e. The molecule has 0 aliphatic carbocycles. The highest BCUT2D eigenvalue weighted by Gasteiger charge is 2.22. The Balaban J connectivity index is 1.45. The van der Waals surface area contributed by atoms with Crippen LogP contribution in [0, 0.1) is 0 Å². The summed E-state index contributed by atoms with van der Waals surface area (Å²) >= 11 is 0. The fourth-order valence-corrected chi connectivity index (χ4v) is 4.11. The van der Waals surface area contributed by atoms with Crippen LogP contribution in [0.3, 0.4) is 0 Å². The van der Waals surface area contributed by atoms with Crippen molar-refractivity contribution in [1.82, 2.24) is 15.1 Å². The van der Waals surface area contributed by atoms with E-state index in [4.69, 9.17) is 4.74 Å². The van der Waals surface area contributed by atoms with Crippen molar-refractivity contribution >= 4 is 11.8 Å². The summed E-state index contributed by atoms with van der Waals surface area (Å²) in [6, 6.07) is 7.82. The lowest BCUT2D eigenvalue weighted by Gasteiger charge is -2.35. The van der Waals surface area contributed by atoms with E-state index >= 15 is 0 Å². The fraction of sp³-hybridized carbons (Fsp3) is 0.636. The van der Waals surface area contributed by atoms with Crippen molar-refractivity contribution in [1.29, 1.82) is 0 Å². The highest BCUT2D eigenvalue weighted by Crippen LogP contribution is 2.15. The summed E-state index contributed by atoms with van der Waals surface area (Å²) in [4.78, 5) is 28.7. The quantitative estimate of drug-likeness (QED) is 0.814. The molecule has 0 radical (unpaired) electrons. The molecule has 2 saturated heterocycles. The first-order valence-electron chi connectivity index (χ1n) is 10.5. The van der Waals surface area contributed by atoms with E-state index in [1.807, 2.05) is 29.2 Å². The van der Waals surface area contributed by atoms with Crippen molar-refractivity contribution in [2.24, 2.45) is 0 Å². The molecule has 28 heavy (non-hydrogen) atoms. The van der Waals surface area contributed by atoms with Crippen LogP contribution in [-0.4, -0.2) is 66.5 Å². The number of nitrogens with zero attached hydrogens (tertiary/aromatic N) is 2. The average molecular weight is 388 g/mol. The Labute approximate surface area is 168 Å².